The molecule has 0 fully saturated rings. The van der Waals surface area contributed by atoms with E-state index in [0.29, 0.717) is 17.1 Å². The van der Waals surface area contributed by atoms with Crippen LogP contribution in [0, 0.1) is 17.1 Å². The molecule has 1 heterocycles. The summed E-state index contributed by atoms with van der Waals surface area (Å²) in [6.45, 7) is 0.532. The molecule has 0 aliphatic rings. The molecule has 0 unspecified atom stereocenters. The highest BCUT2D eigenvalue weighted by Gasteiger charge is 2.07. The van der Waals surface area contributed by atoms with Gasteiger partial charge in [0.2, 0.25) is 0 Å². The van der Waals surface area contributed by atoms with Crippen molar-refractivity contribution in [1.82, 2.24) is 0 Å². The standard InChI is InChI=1S/C12H7Cl2FN2S/c13-10-3-7(4-11(14)12(10)15)17-6-9-2-1-8(5-16)18-9/h1-4,17H,6H2. The van der Waals surface area contributed by atoms with Crippen LogP contribution in [-0.2, 0) is 6.54 Å². The summed E-state index contributed by atoms with van der Waals surface area (Å²) in [6.07, 6.45) is 0. The van der Waals surface area contributed by atoms with Crippen molar-refractivity contribution in [2.24, 2.45) is 0 Å². The smallest absolute Gasteiger partial charge is 0.160 e. The molecule has 0 aliphatic carbocycles. The maximum atomic E-state index is 13.2. The summed E-state index contributed by atoms with van der Waals surface area (Å²) in [7, 11) is 0. The van der Waals surface area contributed by atoms with Gasteiger partial charge in [-0.15, -0.1) is 11.3 Å². The third-order valence-electron chi connectivity index (χ3n) is 2.22. The van der Waals surface area contributed by atoms with Gasteiger partial charge < -0.3 is 5.32 Å². The van der Waals surface area contributed by atoms with E-state index in [0.717, 1.165) is 4.88 Å². The molecule has 18 heavy (non-hydrogen) atoms. The Labute approximate surface area is 118 Å². The average molecular weight is 301 g/mol. The molecule has 0 saturated heterocycles. The van der Waals surface area contributed by atoms with E-state index in [1.165, 1.54) is 23.5 Å². The second-order valence-corrected chi connectivity index (χ2v) is 5.47. The van der Waals surface area contributed by atoms with Crippen LogP contribution in [0.25, 0.3) is 0 Å². The van der Waals surface area contributed by atoms with Gasteiger partial charge in [0.05, 0.1) is 10.0 Å². The maximum Gasteiger partial charge on any atom is 0.160 e. The fraction of sp³-hybridized carbons (Fsp3) is 0.0833. The molecule has 1 aromatic carbocycles. The van der Waals surface area contributed by atoms with E-state index in [9.17, 15) is 4.39 Å². The van der Waals surface area contributed by atoms with Gasteiger partial charge in [0, 0.05) is 17.1 Å². The van der Waals surface area contributed by atoms with E-state index < -0.39 is 5.82 Å². The van der Waals surface area contributed by atoms with Gasteiger partial charge in [0.25, 0.3) is 0 Å². The number of rotatable bonds is 3. The van der Waals surface area contributed by atoms with E-state index in [4.69, 9.17) is 28.5 Å². The average Bonchev–Trinajstić information content (AvgIpc) is 2.81. The highest BCUT2D eigenvalue weighted by Crippen LogP contribution is 2.28. The van der Waals surface area contributed by atoms with Crippen molar-refractivity contribution in [3.05, 3.63) is 49.9 Å². The number of benzene rings is 1. The number of nitrogens with one attached hydrogen (secondary N) is 1. The van der Waals surface area contributed by atoms with Crippen LogP contribution in [0.1, 0.15) is 9.75 Å². The van der Waals surface area contributed by atoms with Gasteiger partial charge in [0.1, 0.15) is 10.9 Å². The normalized spacial score (nSPS) is 10.1. The molecular weight excluding hydrogens is 294 g/mol. The second-order valence-electron chi connectivity index (χ2n) is 3.49. The Hall–Kier alpha value is -1.28. The molecule has 0 aliphatic heterocycles. The van der Waals surface area contributed by atoms with Crippen LogP contribution < -0.4 is 5.32 Å². The lowest BCUT2D eigenvalue weighted by molar-refractivity contribution is 0.629. The molecule has 6 heteroatoms. The molecule has 0 bridgehead atoms. The summed E-state index contributed by atoms with van der Waals surface area (Å²) in [6, 6.07) is 8.64. The van der Waals surface area contributed by atoms with Gasteiger partial charge in [-0.2, -0.15) is 5.26 Å². The fourth-order valence-corrected chi connectivity index (χ4v) is 2.61. The first-order chi connectivity index (χ1) is 8.60. The molecule has 0 atom stereocenters. The monoisotopic (exact) mass is 300 g/mol. The zero-order valence-electron chi connectivity index (χ0n) is 9.01. The molecule has 1 N–H and O–H groups in total. The Morgan fingerprint density at radius 1 is 1.28 bits per heavy atom. The molecule has 0 amide bonds. The minimum absolute atomic E-state index is 0.0195. The van der Waals surface area contributed by atoms with Crippen molar-refractivity contribution < 1.29 is 4.39 Å². The Morgan fingerprint density at radius 3 is 2.50 bits per heavy atom. The van der Waals surface area contributed by atoms with Gasteiger partial charge in [-0.1, -0.05) is 23.2 Å². The summed E-state index contributed by atoms with van der Waals surface area (Å²) in [5.74, 6) is -0.619. The molecule has 2 nitrogen and oxygen atoms in total. The fourth-order valence-electron chi connectivity index (χ4n) is 1.38. The highest BCUT2D eigenvalue weighted by atomic mass is 35.5. The van der Waals surface area contributed by atoms with Crippen molar-refractivity contribution in [1.29, 1.82) is 5.26 Å². The van der Waals surface area contributed by atoms with Gasteiger partial charge in [0.15, 0.2) is 5.82 Å². The van der Waals surface area contributed by atoms with Crippen molar-refractivity contribution in [3.8, 4) is 6.07 Å². The summed E-state index contributed by atoms with van der Waals surface area (Å²) < 4.78 is 13.2. The molecule has 0 saturated carbocycles. The quantitative estimate of drug-likeness (QED) is 0.836. The topological polar surface area (TPSA) is 35.8 Å². The molecule has 0 spiro atoms. The van der Waals surface area contributed by atoms with Crippen LogP contribution in [0.15, 0.2) is 24.3 Å². The molecule has 2 rings (SSSR count). The number of halogens is 3. The van der Waals surface area contributed by atoms with Crippen LogP contribution in [0.5, 0.6) is 0 Å². The highest BCUT2D eigenvalue weighted by molar-refractivity contribution is 7.12. The zero-order valence-corrected chi connectivity index (χ0v) is 11.3. The van der Waals surface area contributed by atoms with E-state index in [2.05, 4.69) is 11.4 Å². The molecule has 2 aromatic rings. The SMILES string of the molecule is N#Cc1ccc(CNc2cc(Cl)c(F)c(Cl)c2)s1. The molecule has 92 valence electrons. The summed E-state index contributed by atoms with van der Waals surface area (Å²) in [5, 5.41) is 11.7. The number of hydrogen-bond donors (Lipinski definition) is 1. The third-order valence-corrected chi connectivity index (χ3v) is 3.76. The third kappa shape index (κ3) is 2.94. The van der Waals surface area contributed by atoms with Gasteiger partial charge in [-0.05, 0) is 24.3 Å². The van der Waals surface area contributed by atoms with Gasteiger partial charge in [-0.25, -0.2) is 4.39 Å². The van der Waals surface area contributed by atoms with E-state index >= 15 is 0 Å². The van der Waals surface area contributed by atoms with Crippen molar-refractivity contribution in [2.75, 3.05) is 5.32 Å². The predicted molar refractivity (Wildman–Crippen MR) is 72.8 cm³/mol. The summed E-state index contributed by atoms with van der Waals surface area (Å²) in [4.78, 5) is 1.66. The minimum atomic E-state index is -0.619. The second kappa shape index (κ2) is 5.57. The Bertz CT molecular complexity index is 596. The summed E-state index contributed by atoms with van der Waals surface area (Å²) >= 11 is 12.8. The lowest BCUT2D eigenvalue weighted by Gasteiger charge is -2.07. The van der Waals surface area contributed by atoms with E-state index in [-0.39, 0.29) is 10.0 Å². The van der Waals surface area contributed by atoms with Crippen LogP contribution >= 0.6 is 34.5 Å². The molecule has 1 aromatic heterocycles. The van der Waals surface area contributed by atoms with E-state index in [1.807, 2.05) is 6.07 Å². The largest absolute Gasteiger partial charge is 0.380 e. The molecule has 0 radical (unpaired) electrons. The van der Waals surface area contributed by atoms with Crippen LogP contribution in [0.3, 0.4) is 0 Å². The van der Waals surface area contributed by atoms with Crippen molar-refractivity contribution >= 4 is 40.2 Å². The van der Waals surface area contributed by atoms with Crippen molar-refractivity contribution in [3.63, 3.8) is 0 Å². The first kappa shape index (κ1) is 13.2. The number of thiophene rings is 1. The Kier molecular flexibility index (Phi) is 4.07. The minimum Gasteiger partial charge on any atom is -0.380 e. The lowest BCUT2D eigenvalue weighted by Crippen LogP contribution is -1.98. The van der Waals surface area contributed by atoms with Gasteiger partial charge in [-0.3, -0.25) is 0 Å². The molecular formula is C12H7Cl2FN2S. The van der Waals surface area contributed by atoms with Crippen LogP contribution in [0.2, 0.25) is 10.0 Å². The van der Waals surface area contributed by atoms with Crippen LogP contribution in [-0.4, -0.2) is 0 Å². The number of anilines is 1. The number of nitriles is 1. The Balaban J connectivity index is 2.09. The van der Waals surface area contributed by atoms with Crippen molar-refractivity contribution in [2.45, 2.75) is 6.54 Å². The Morgan fingerprint density at radius 2 is 1.94 bits per heavy atom. The van der Waals surface area contributed by atoms with E-state index in [1.54, 1.807) is 6.07 Å². The first-order valence-electron chi connectivity index (χ1n) is 4.97. The summed E-state index contributed by atoms with van der Waals surface area (Å²) in [5.41, 5.74) is 0.637. The van der Waals surface area contributed by atoms with Crippen LogP contribution in [0.4, 0.5) is 10.1 Å². The number of hydrogen-bond acceptors (Lipinski definition) is 3. The van der Waals surface area contributed by atoms with Gasteiger partial charge >= 0.3 is 0 Å². The zero-order chi connectivity index (χ0) is 13.1. The number of nitrogens with zero attached hydrogens (tertiary/aromatic N) is 1. The maximum absolute atomic E-state index is 13.2. The predicted octanol–water partition coefficient (Wildman–Crippen LogP) is 4.68. The lowest BCUT2D eigenvalue weighted by atomic mass is 10.3. The first-order valence-corrected chi connectivity index (χ1v) is 6.54.